The fourth-order valence-electron chi connectivity index (χ4n) is 2.50. The number of rotatable bonds is 4. The third-order valence-electron chi connectivity index (χ3n) is 3.77. The summed E-state index contributed by atoms with van der Waals surface area (Å²) in [5.41, 5.74) is 0.732. The summed E-state index contributed by atoms with van der Waals surface area (Å²) in [6, 6.07) is 8.20. The number of halogens is 3. The molecule has 5 nitrogen and oxygen atoms in total. The number of hydrogen-bond donors (Lipinski definition) is 0. The molecule has 1 aliphatic heterocycles. The molecule has 8 heteroatoms. The van der Waals surface area contributed by atoms with Gasteiger partial charge in [-0.1, -0.05) is 18.2 Å². The van der Waals surface area contributed by atoms with Crippen molar-refractivity contribution in [2.45, 2.75) is 26.2 Å². The highest BCUT2D eigenvalue weighted by molar-refractivity contribution is 6.18. The van der Waals surface area contributed by atoms with Crippen molar-refractivity contribution in [1.29, 1.82) is 0 Å². The Labute approximate surface area is 158 Å². The average Bonchev–Trinajstić information content (AvgIpc) is 2.62. The number of ether oxygens (including phenoxy) is 3. The molecule has 0 amide bonds. The number of carbonyl (C=O) groups is 2. The van der Waals surface area contributed by atoms with E-state index in [1.54, 1.807) is 24.3 Å². The van der Waals surface area contributed by atoms with Crippen molar-refractivity contribution in [1.82, 2.24) is 0 Å². The first-order valence-corrected chi connectivity index (χ1v) is 8.20. The van der Waals surface area contributed by atoms with Gasteiger partial charge in [-0.05, 0) is 35.4 Å². The molecular weight excluding hydrogens is 377 g/mol. The van der Waals surface area contributed by atoms with Gasteiger partial charge in [-0.15, -0.1) is 0 Å². The van der Waals surface area contributed by atoms with E-state index >= 15 is 0 Å². The fraction of sp³-hybridized carbons (Fsp3) is 0.200. The van der Waals surface area contributed by atoms with E-state index in [1.807, 2.05) is 0 Å². The summed E-state index contributed by atoms with van der Waals surface area (Å²) >= 11 is 0. The molecule has 28 heavy (non-hydrogen) atoms. The second-order valence-electron chi connectivity index (χ2n) is 6.44. The Morgan fingerprint density at radius 3 is 2.36 bits per heavy atom. The first-order valence-electron chi connectivity index (χ1n) is 8.20. The lowest BCUT2D eigenvalue weighted by atomic mass is 10.1. The van der Waals surface area contributed by atoms with Crippen LogP contribution in [0, 0.1) is 17.5 Å². The number of hydrogen-bond acceptors (Lipinski definition) is 5. The molecule has 1 fully saturated rings. The second-order valence-corrected chi connectivity index (χ2v) is 6.44. The maximum Gasteiger partial charge on any atom is 0.348 e. The van der Waals surface area contributed by atoms with E-state index in [-0.39, 0.29) is 12.2 Å². The third-order valence-corrected chi connectivity index (χ3v) is 3.77. The van der Waals surface area contributed by atoms with Crippen LogP contribution in [0.4, 0.5) is 13.2 Å². The lowest BCUT2D eigenvalue weighted by molar-refractivity contribution is -0.222. The fourth-order valence-corrected chi connectivity index (χ4v) is 2.50. The van der Waals surface area contributed by atoms with Crippen LogP contribution in [-0.2, 0) is 25.7 Å². The van der Waals surface area contributed by atoms with Crippen molar-refractivity contribution >= 4 is 18.0 Å². The van der Waals surface area contributed by atoms with Crippen molar-refractivity contribution in [3.63, 3.8) is 0 Å². The average molecular weight is 392 g/mol. The van der Waals surface area contributed by atoms with E-state index in [2.05, 4.69) is 0 Å². The monoisotopic (exact) mass is 392 g/mol. The van der Waals surface area contributed by atoms with E-state index in [0.29, 0.717) is 11.1 Å². The zero-order valence-electron chi connectivity index (χ0n) is 14.9. The highest BCUT2D eigenvalue weighted by Crippen LogP contribution is 2.25. The lowest BCUT2D eigenvalue weighted by Gasteiger charge is -2.29. The Hall–Kier alpha value is -3.29. The summed E-state index contributed by atoms with van der Waals surface area (Å²) in [4.78, 5) is 24.0. The molecule has 2 aromatic carbocycles. The van der Waals surface area contributed by atoms with Gasteiger partial charge in [-0.3, -0.25) is 0 Å². The van der Waals surface area contributed by atoms with Gasteiger partial charge >= 0.3 is 11.9 Å². The summed E-state index contributed by atoms with van der Waals surface area (Å²) in [6.45, 7) is 2.73. The van der Waals surface area contributed by atoms with Gasteiger partial charge in [-0.2, -0.15) is 4.39 Å². The van der Waals surface area contributed by atoms with Crippen LogP contribution in [0.1, 0.15) is 25.0 Å². The molecule has 0 atom stereocenters. The quantitative estimate of drug-likeness (QED) is 0.342. The Kier molecular flexibility index (Phi) is 5.13. The zero-order valence-corrected chi connectivity index (χ0v) is 14.9. The van der Waals surface area contributed by atoms with Crippen LogP contribution in [0.25, 0.3) is 6.08 Å². The van der Waals surface area contributed by atoms with Crippen molar-refractivity contribution in [2.24, 2.45) is 0 Å². The molecule has 1 aliphatic rings. The Balaban J connectivity index is 1.77. The molecule has 1 heterocycles. The van der Waals surface area contributed by atoms with Crippen LogP contribution in [0.5, 0.6) is 5.75 Å². The van der Waals surface area contributed by atoms with Crippen molar-refractivity contribution < 1.29 is 37.0 Å². The topological polar surface area (TPSA) is 61.8 Å². The summed E-state index contributed by atoms with van der Waals surface area (Å²) in [5, 5.41) is 0. The summed E-state index contributed by atoms with van der Waals surface area (Å²) in [5.74, 6) is -7.76. The van der Waals surface area contributed by atoms with Crippen molar-refractivity contribution in [3.05, 3.63) is 70.5 Å². The predicted molar refractivity (Wildman–Crippen MR) is 91.3 cm³/mol. The number of benzene rings is 2. The molecule has 146 valence electrons. The minimum atomic E-state index is -1.62. The molecule has 0 radical (unpaired) electrons. The number of esters is 2. The lowest BCUT2D eigenvalue weighted by Crippen LogP contribution is -2.41. The second kappa shape index (κ2) is 7.38. The summed E-state index contributed by atoms with van der Waals surface area (Å²) in [6.07, 6.45) is 1.29. The molecule has 0 unspecified atom stereocenters. The highest BCUT2D eigenvalue weighted by Gasteiger charge is 2.38. The van der Waals surface area contributed by atoms with Gasteiger partial charge in [0.1, 0.15) is 12.2 Å². The smallest absolute Gasteiger partial charge is 0.348 e. The highest BCUT2D eigenvalue weighted by atomic mass is 19.2. The maximum atomic E-state index is 13.7. The Morgan fingerprint density at radius 1 is 1.00 bits per heavy atom. The van der Waals surface area contributed by atoms with Crippen LogP contribution in [0.2, 0.25) is 0 Å². The van der Waals surface area contributed by atoms with Gasteiger partial charge in [0.15, 0.2) is 17.4 Å². The van der Waals surface area contributed by atoms with E-state index in [4.69, 9.17) is 14.2 Å². The molecule has 2 aromatic rings. The van der Waals surface area contributed by atoms with Gasteiger partial charge in [-0.25, -0.2) is 18.4 Å². The van der Waals surface area contributed by atoms with E-state index in [0.717, 1.165) is 12.1 Å². The molecule has 1 saturated heterocycles. The molecule has 0 bridgehead atoms. The van der Waals surface area contributed by atoms with Crippen LogP contribution in [0.3, 0.4) is 0 Å². The molecule has 0 aromatic heterocycles. The van der Waals surface area contributed by atoms with Gasteiger partial charge in [0.25, 0.3) is 5.79 Å². The zero-order chi connectivity index (χ0) is 20.5. The van der Waals surface area contributed by atoms with Gasteiger partial charge in [0, 0.05) is 13.8 Å². The third kappa shape index (κ3) is 4.16. The minimum absolute atomic E-state index is 0.152. The van der Waals surface area contributed by atoms with Gasteiger partial charge < -0.3 is 14.2 Å². The predicted octanol–water partition coefficient (Wildman–Crippen LogP) is 3.90. The SMILES string of the molecule is CC1(C)OC(=O)C(=Cc2cccc(COc3ccc(F)c(F)c3F)c2)C(=O)O1. The number of cyclic esters (lactones) is 2. The van der Waals surface area contributed by atoms with E-state index in [1.165, 1.54) is 19.9 Å². The minimum Gasteiger partial charge on any atom is -0.486 e. The molecule has 3 rings (SSSR count). The van der Waals surface area contributed by atoms with E-state index in [9.17, 15) is 22.8 Å². The first-order chi connectivity index (χ1) is 13.2. The summed E-state index contributed by atoms with van der Waals surface area (Å²) < 4.78 is 55.1. The molecule has 0 aliphatic carbocycles. The largest absolute Gasteiger partial charge is 0.486 e. The number of carbonyl (C=O) groups excluding carboxylic acids is 2. The van der Waals surface area contributed by atoms with Gasteiger partial charge in [0.2, 0.25) is 5.82 Å². The standard InChI is InChI=1S/C20H15F3O5/c1-20(2)27-18(24)13(19(25)28-20)9-11-4-3-5-12(8-11)10-26-15-7-6-14(21)16(22)17(15)23/h3-9H,10H2,1-2H3. The van der Waals surface area contributed by atoms with Gasteiger partial charge in [0.05, 0.1) is 0 Å². The molecule has 0 N–H and O–H groups in total. The van der Waals surface area contributed by atoms with E-state index < -0.39 is 40.9 Å². The van der Waals surface area contributed by atoms with Crippen molar-refractivity contribution in [3.8, 4) is 5.75 Å². The summed E-state index contributed by atoms with van der Waals surface area (Å²) in [7, 11) is 0. The van der Waals surface area contributed by atoms with Crippen LogP contribution >= 0.6 is 0 Å². The Bertz CT molecular complexity index is 960. The Morgan fingerprint density at radius 2 is 1.68 bits per heavy atom. The first kappa shape index (κ1) is 19.5. The maximum absolute atomic E-state index is 13.7. The molecule has 0 saturated carbocycles. The van der Waals surface area contributed by atoms with Crippen LogP contribution < -0.4 is 4.74 Å². The van der Waals surface area contributed by atoms with Crippen LogP contribution in [0.15, 0.2) is 42.0 Å². The van der Waals surface area contributed by atoms with Crippen molar-refractivity contribution in [2.75, 3.05) is 0 Å². The molecule has 0 spiro atoms. The van der Waals surface area contributed by atoms with Crippen LogP contribution in [-0.4, -0.2) is 17.7 Å². The molecular formula is C20H15F3O5. The normalized spacial score (nSPS) is 15.7.